The molecule has 1 aromatic carbocycles. The zero-order valence-electron chi connectivity index (χ0n) is 17.8. The molecule has 6 nitrogen and oxygen atoms in total. The molecular formula is C24H24N4O2S. The van der Waals surface area contributed by atoms with Crippen LogP contribution >= 0.6 is 11.3 Å². The number of benzene rings is 1. The minimum absolute atomic E-state index is 0.144. The number of hydrogen-bond donors (Lipinski definition) is 1. The smallest absolute Gasteiger partial charge is 0.252 e. The SMILES string of the molecule is Cc1nn(C)c2nc(-c3cccs3)cc(C(=O)NCC3(C)OCCc4ccccc43)c12. The molecule has 5 rings (SSSR count). The largest absolute Gasteiger partial charge is 0.368 e. The van der Waals surface area contributed by atoms with Crippen LogP contribution in [0, 0.1) is 6.92 Å². The van der Waals surface area contributed by atoms with Gasteiger partial charge in [-0.25, -0.2) is 4.98 Å². The van der Waals surface area contributed by atoms with Crippen molar-refractivity contribution in [2.24, 2.45) is 7.05 Å². The van der Waals surface area contributed by atoms with E-state index in [4.69, 9.17) is 9.72 Å². The van der Waals surface area contributed by atoms with Crippen LogP contribution in [0.5, 0.6) is 0 Å². The Labute approximate surface area is 184 Å². The summed E-state index contributed by atoms with van der Waals surface area (Å²) < 4.78 is 7.87. The highest BCUT2D eigenvalue weighted by Gasteiger charge is 2.33. The number of thiophene rings is 1. The van der Waals surface area contributed by atoms with Gasteiger partial charge in [0.15, 0.2) is 5.65 Å². The second-order valence-corrected chi connectivity index (χ2v) is 9.06. The van der Waals surface area contributed by atoms with Crippen LogP contribution in [0.3, 0.4) is 0 Å². The molecule has 1 atom stereocenters. The summed E-state index contributed by atoms with van der Waals surface area (Å²) >= 11 is 1.60. The van der Waals surface area contributed by atoms with Crippen LogP contribution in [0.25, 0.3) is 21.6 Å². The fourth-order valence-electron chi connectivity index (χ4n) is 4.38. The zero-order valence-corrected chi connectivity index (χ0v) is 18.6. The molecule has 0 bridgehead atoms. The molecule has 7 heteroatoms. The van der Waals surface area contributed by atoms with Crippen molar-refractivity contribution in [3.63, 3.8) is 0 Å². The number of nitrogens with zero attached hydrogens (tertiary/aromatic N) is 3. The number of aryl methyl sites for hydroxylation is 2. The summed E-state index contributed by atoms with van der Waals surface area (Å²) in [5.41, 5.74) is 4.72. The Morgan fingerprint density at radius 2 is 2.13 bits per heavy atom. The fraction of sp³-hybridized carbons (Fsp3) is 0.292. The number of amides is 1. The highest BCUT2D eigenvalue weighted by molar-refractivity contribution is 7.13. The molecule has 1 aliphatic rings. The van der Waals surface area contributed by atoms with E-state index in [0.29, 0.717) is 24.4 Å². The molecule has 4 aromatic rings. The van der Waals surface area contributed by atoms with E-state index < -0.39 is 5.60 Å². The Hall–Kier alpha value is -3.03. The summed E-state index contributed by atoms with van der Waals surface area (Å²) in [4.78, 5) is 19.2. The van der Waals surface area contributed by atoms with Gasteiger partial charge in [-0.1, -0.05) is 30.3 Å². The Kier molecular flexibility index (Phi) is 4.87. The van der Waals surface area contributed by atoms with E-state index in [-0.39, 0.29) is 5.91 Å². The van der Waals surface area contributed by atoms with E-state index in [1.165, 1.54) is 5.56 Å². The predicted molar refractivity (Wildman–Crippen MR) is 122 cm³/mol. The third-order valence-electron chi connectivity index (χ3n) is 5.95. The number of carbonyl (C=O) groups is 1. The lowest BCUT2D eigenvalue weighted by molar-refractivity contribution is -0.0436. The van der Waals surface area contributed by atoms with Gasteiger partial charge in [-0.3, -0.25) is 9.48 Å². The lowest BCUT2D eigenvalue weighted by Gasteiger charge is -2.36. The normalized spacial score (nSPS) is 18.2. The highest BCUT2D eigenvalue weighted by atomic mass is 32.1. The fourth-order valence-corrected chi connectivity index (χ4v) is 5.07. The van der Waals surface area contributed by atoms with Crippen molar-refractivity contribution < 1.29 is 9.53 Å². The molecular weight excluding hydrogens is 408 g/mol. The van der Waals surface area contributed by atoms with Gasteiger partial charge in [0.25, 0.3) is 5.91 Å². The maximum atomic E-state index is 13.4. The number of ether oxygens (including phenoxy) is 1. The minimum Gasteiger partial charge on any atom is -0.368 e. The highest BCUT2D eigenvalue weighted by Crippen LogP contribution is 2.33. The number of rotatable bonds is 4. The van der Waals surface area contributed by atoms with Crippen molar-refractivity contribution in [3.05, 3.63) is 70.2 Å². The average molecular weight is 433 g/mol. The van der Waals surface area contributed by atoms with Crippen molar-refractivity contribution in [2.45, 2.75) is 25.9 Å². The van der Waals surface area contributed by atoms with Gasteiger partial charge >= 0.3 is 0 Å². The monoisotopic (exact) mass is 432 g/mol. The number of fused-ring (bicyclic) bond motifs is 2. The van der Waals surface area contributed by atoms with Gasteiger partial charge in [-0.05, 0) is 48.9 Å². The maximum absolute atomic E-state index is 13.4. The molecule has 0 fully saturated rings. The standard InChI is InChI=1S/C24H24N4O2S/c1-15-21-17(13-19(20-9-6-12-31-20)26-22(21)28(3)27-15)23(29)25-14-24(2)18-8-5-4-7-16(18)10-11-30-24/h4-9,12-13H,10-11,14H2,1-3H3,(H,25,29). The summed E-state index contributed by atoms with van der Waals surface area (Å²) in [6, 6.07) is 14.2. The topological polar surface area (TPSA) is 69.0 Å². The first-order chi connectivity index (χ1) is 15.0. The molecule has 1 amide bonds. The number of hydrogen-bond acceptors (Lipinski definition) is 5. The first-order valence-electron chi connectivity index (χ1n) is 10.3. The summed E-state index contributed by atoms with van der Waals surface area (Å²) in [6.07, 6.45) is 0.893. The molecule has 0 spiro atoms. The van der Waals surface area contributed by atoms with Crippen molar-refractivity contribution in [1.82, 2.24) is 20.1 Å². The van der Waals surface area contributed by atoms with E-state index in [9.17, 15) is 4.79 Å². The number of pyridine rings is 1. The predicted octanol–water partition coefficient (Wildman–Crippen LogP) is 4.22. The molecule has 0 aliphatic carbocycles. The quantitative estimate of drug-likeness (QED) is 0.524. The summed E-state index contributed by atoms with van der Waals surface area (Å²) in [5, 5.41) is 10.4. The van der Waals surface area contributed by atoms with E-state index in [0.717, 1.165) is 33.6 Å². The minimum atomic E-state index is -0.558. The third-order valence-corrected chi connectivity index (χ3v) is 6.84. The van der Waals surface area contributed by atoms with Gasteiger partial charge in [0.05, 0.1) is 40.4 Å². The van der Waals surface area contributed by atoms with E-state index in [2.05, 4.69) is 22.5 Å². The summed E-state index contributed by atoms with van der Waals surface area (Å²) in [7, 11) is 1.86. The second-order valence-electron chi connectivity index (χ2n) is 8.11. The van der Waals surface area contributed by atoms with Crippen molar-refractivity contribution in [2.75, 3.05) is 13.2 Å². The van der Waals surface area contributed by atoms with Crippen LogP contribution in [-0.2, 0) is 23.8 Å². The van der Waals surface area contributed by atoms with Crippen molar-refractivity contribution in [1.29, 1.82) is 0 Å². The van der Waals surface area contributed by atoms with Crippen molar-refractivity contribution in [3.8, 4) is 10.6 Å². The van der Waals surface area contributed by atoms with E-state index in [1.54, 1.807) is 16.0 Å². The maximum Gasteiger partial charge on any atom is 0.252 e. The molecule has 1 aliphatic heterocycles. The van der Waals surface area contributed by atoms with E-state index >= 15 is 0 Å². The van der Waals surface area contributed by atoms with Crippen LogP contribution in [-0.4, -0.2) is 33.8 Å². The Bertz CT molecular complexity index is 1280. The number of nitrogens with one attached hydrogen (secondary N) is 1. The third kappa shape index (κ3) is 3.43. The van der Waals surface area contributed by atoms with Crippen LogP contribution in [0.1, 0.15) is 34.1 Å². The lowest BCUT2D eigenvalue weighted by atomic mass is 9.87. The lowest BCUT2D eigenvalue weighted by Crippen LogP contribution is -2.43. The summed E-state index contributed by atoms with van der Waals surface area (Å²) in [6.45, 7) is 4.99. The molecule has 158 valence electrons. The molecule has 4 heterocycles. The van der Waals surface area contributed by atoms with Gasteiger partial charge in [0.2, 0.25) is 0 Å². The zero-order chi connectivity index (χ0) is 21.6. The Balaban J connectivity index is 1.51. The summed E-state index contributed by atoms with van der Waals surface area (Å²) in [5.74, 6) is -0.144. The Morgan fingerprint density at radius 3 is 2.94 bits per heavy atom. The molecule has 3 aromatic heterocycles. The molecule has 0 saturated carbocycles. The van der Waals surface area contributed by atoms with Crippen molar-refractivity contribution >= 4 is 28.3 Å². The van der Waals surface area contributed by atoms with Gasteiger partial charge < -0.3 is 10.1 Å². The molecule has 0 saturated heterocycles. The average Bonchev–Trinajstić information content (AvgIpc) is 3.41. The molecule has 0 radical (unpaired) electrons. The van der Waals surface area contributed by atoms with Crippen LogP contribution in [0.15, 0.2) is 47.8 Å². The number of carbonyl (C=O) groups excluding carboxylic acids is 1. The van der Waals surface area contributed by atoms with Crippen LogP contribution < -0.4 is 5.32 Å². The van der Waals surface area contributed by atoms with E-state index in [1.807, 2.05) is 56.6 Å². The van der Waals surface area contributed by atoms with Gasteiger partial charge in [0, 0.05) is 7.05 Å². The first-order valence-corrected chi connectivity index (χ1v) is 11.2. The second kappa shape index (κ2) is 7.59. The molecule has 1 unspecified atom stereocenters. The molecule has 1 N–H and O–H groups in total. The van der Waals surface area contributed by atoms with Gasteiger partial charge in [-0.2, -0.15) is 5.10 Å². The van der Waals surface area contributed by atoms with Crippen LogP contribution in [0.2, 0.25) is 0 Å². The number of aromatic nitrogens is 3. The molecule has 31 heavy (non-hydrogen) atoms. The van der Waals surface area contributed by atoms with Gasteiger partial charge in [0.1, 0.15) is 5.60 Å². The van der Waals surface area contributed by atoms with Gasteiger partial charge in [-0.15, -0.1) is 11.3 Å². The first kappa shape index (κ1) is 19.9. The Morgan fingerprint density at radius 1 is 1.29 bits per heavy atom. The van der Waals surface area contributed by atoms with Crippen LogP contribution in [0.4, 0.5) is 0 Å².